The second-order valence-corrected chi connectivity index (χ2v) is 5.86. The van der Waals surface area contributed by atoms with E-state index >= 15 is 0 Å². The summed E-state index contributed by atoms with van der Waals surface area (Å²) in [4.78, 5) is 12.8. The van der Waals surface area contributed by atoms with Gasteiger partial charge in [0.2, 0.25) is 0 Å². The summed E-state index contributed by atoms with van der Waals surface area (Å²) in [5, 5.41) is 0. The van der Waals surface area contributed by atoms with Crippen LogP contribution >= 0.6 is 15.9 Å². The number of ether oxygens (including phenoxy) is 2. The van der Waals surface area contributed by atoms with Crippen molar-refractivity contribution in [3.8, 4) is 11.5 Å². The Labute approximate surface area is 132 Å². The third kappa shape index (κ3) is 2.33. The number of benzene rings is 2. The van der Waals surface area contributed by atoms with Crippen molar-refractivity contribution < 1.29 is 14.3 Å². The molecule has 0 N–H and O–H groups in total. The van der Waals surface area contributed by atoms with Crippen molar-refractivity contribution in [2.24, 2.45) is 0 Å². The number of halogens is 1. The first-order valence-electron chi connectivity index (χ1n) is 6.69. The lowest BCUT2D eigenvalue weighted by Gasteiger charge is -2.29. The Kier molecular flexibility index (Phi) is 3.72. The van der Waals surface area contributed by atoms with E-state index in [1.54, 1.807) is 26.4 Å². The third-order valence-electron chi connectivity index (χ3n) is 3.91. The number of methoxy groups -OCH3 is 2. The van der Waals surface area contributed by atoms with Gasteiger partial charge in [0, 0.05) is 10.0 Å². The van der Waals surface area contributed by atoms with Gasteiger partial charge in [-0.15, -0.1) is 0 Å². The maximum absolute atomic E-state index is 12.8. The Balaban J connectivity index is 1.96. The Morgan fingerprint density at radius 3 is 2.48 bits per heavy atom. The number of hydrogen-bond donors (Lipinski definition) is 0. The molecule has 0 amide bonds. The summed E-state index contributed by atoms with van der Waals surface area (Å²) in [6.07, 6.45) is 0.801. The standard InChI is InChI=1S/C17H15BrO3/c1-20-15-8-13(14(18)9-16(15)21-2)17(19)12-7-10-5-3-4-6-11(10)12/h3-6,8-9,12H,7H2,1-2H3. The minimum absolute atomic E-state index is 0.0596. The zero-order chi connectivity index (χ0) is 15.0. The van der Waals surface area contributed by atoms with Crippen LogP contribution in [0.2, 0.25) is 0 Å². The molecule has 108 valence electrons. The number of carbonyl (C=O) groups excluding carboxylic acids is 1. The van der Waals surface area contributed by atoms with Gasteiger partial charge in [-0.25, -0.2) is 0 Å². The predicted molar refractivity (Wildman–Crippen MR) is 84.5 cm³/mol. The molecule has 1 aliphatic carbocycles. The number of rotatable bonds is 4. The molecule has 4 heteroatoms. The summed E-state index contributed by atoms with van der Waals surface area (Å²) >= 11 is 3.46. The van der Waals surface area contributed by atoms with E-state index in [0.29, 0.717) is 17.1 Å². The van der Waals surface area contributed by atoms with Crippen molar-refractivity contribution in [1.29, 1.82) is 0 Å². The molecule has 0 saturated carbocycles. The molecule has 1 unspecified atom stereocenters. The van der Waals surface area contributed by atoms with E-state index in [-0.39, 0.29) is 11.7 Å². The van der Waals surface area contributed by atoms with E-state index in [4.69, 9.17) is 9.47 Å². The van der Waals surface area contributed by atoms with Crippen LogP contribution in [-0.4, -0.2) is 20.0 Å². The molecule has 3 nitrogen and oxygen atoms in total. The number of fused-ring (bicyclic) bond motifs is 1. The van der Waals surface area contributed by atoms with E-state index in [1.807, 2.05) is 18.2 Å². The fourth-order valence-electron chi connectivity index (χ4n) is 2.72. The lowest BCUT2D eigenvalue weighted by Crippen LogP contribution is -2.25. The largest absolute Gasteiger partial charge is 0.493 e. The average molecular weight is 347 g/mol. The maximum Gasteiger partial charge on any atom is 0.171 e. The van der Waals surface area contributed by atoms with Crippen molar-refractivity contribution in [2.45, 2.75) is 12.3 Å². The van der Waals surface area contributed by atoms with Gasteiger partial charge in [0.05, 0.1) is 20.1 Å². The lowest BCUT2D eigenvalue weighted by atomic mass is 9.74. The van der Waals surface area contributed by atoms with Gasteiger partial charge in [0.25, 0.3) is 0 Å². The lowest BCUT2D eigenvalue weighted by molar-refractivity contribution is 0.0948. The Morgan fingerprint density at radius 2 is 1.81 bits per heavy atom. The van der Waals surface area contributed by atoms with E-state index in [9.17, 15) is 4.79 Å². The van der Waals surface area contributed by atoms with Crippen LogP contribution in [0.4, 0.5) is 0 Å². The molecule has 1 aliphatic rings. The van der Waals surface area contributed by atoms with E-state index < -0.39 is 0 Å². The number of Topliss-reactive ketones (excluding diaryl/α,β-unsaturated/α-hetero) is 1. The van der Waals surface area contributed by atoms with Gasteiger partial charge in [-0.2, -0.15) is 0 Å². The first-order chi connectivity index (χ1) is 10.2. The molecule has 1 atom stereocenters. The van der Waals surface area contributed by atoms with Gasteiger partial charge >= 0.3 is 0 Å². The van der Waals surface area contributed by atoms with Gasteiger partial charge in [-0.3, -0.25) is 4.79 Å². The molecule has 0 spiro atoms. The molecule has 0 heterocycles. The van der Waals surface area contributed by atoms with E-state index in [1.165, 1.54) is 5.56 Å². The molecule has 2 aromatic rings. The van der Waals surface area contributed by atoms with Gasteiger partial charge in [0.1, 0.15) is 0 Å². The summed E-state index contributed by atoms with van der Waals surface area (Å²) in [6, 6.07) is 11.6. The van der Waals surface area contributed by atoms with Crippen LogP contribution < -0.4 is 9.47 Å². The topological polar surface area (TPSA) is 35.5 Å². The van der Waals surface area contributed by atoms with Crippen molar-refractivity contribution in [2.75, 3.05) is 14.2 Å². The predicted octanol–water partition coefficient (Wildman–Crippen LogP) is 3.99. The maximum atomic E-state index is 12.8. The minimum Gasteiger partial charge on any atom is -0.493 e. The van der Waals surface area contributed by atoms with Gasteiger partial charge in [-0.1, -0.05) is 24.3 Å². The summed E-state index contributed by atoms with van der Waals surface area (Å²) in [5.74, 6) is 1.23. The van der Waals surface area contributed by atoms with Crippen molar-refractivity contribution in [1.82, 2.24) is 0 Å². The second kappa shape index (κ2) is 5.53. The monoisotopic (exact) mass is 346 g/mol. The summed E-state index contributed by atoms with van der Waals surface area (Å²) < 4.78 is 11.3. The van der Waals surface area contributed by atoms with Crippen LogP contribution in [0.3, 0.4) is 0 Å². The number of ketones is 1. The first kappa shape index (κ1) is 14.1. The molecular formula is C17H15BrO3. The van der Waals surface area contributed by atoms with Crippen molar-refractivity contribution >= 4 is 21.7 Å². The van der Waals surface area contributed by atoms with Crippen LogP contribution in [0.15, 0.2) is 40.9 Å². The zero-order valence-electron chi connectivity index (χ0n) is 11.9. The molecular weight excluding hydrogens is 332 g/mol. The summed E-state index contributed by atoms with van der Waals surface area (Å²) in [6.45, 7) is 0. The van der Waals surface area contributed by atoms with Gasteiger partial charge < -0.3 is 9.47 Å². The summed E-state index contributed by atoms with van der Waals surface area (Å²) in [5.41, 5.74) is 3.02. The molecule has 2 aromatic carbocycles. The SMILES string of the molecule is COc1cc(Br)c(C(=O)C2Cc3ccccc32)cc1OC. The molecule has 0 aromatic heterocycles. The van der Waals surface area contributed by atoms with Crippen LogP contribution in [-0.2, 0) is 6.42 Å². The Hall–Kier alpha value is -1.81. The highest BCUT2D eigenvalue weighted by atomic mass is 79.9. The first-order valence-corrected chi connectivity index (χ1v) is 7.48. The normalized spacial score (nSPS) is 15.9. The Bertz CT molecular complexity index is 709. The molecule has 3 rings (SSSR count). The fraction of sp³-hybridized carbons (Fsp3) is 0.235. The van der Waals surface area contributed by atoms with Gasteiger partial charge in [0.15, 0.2) is 17.3 Å². The highest BCUT2D eigenvalue weighted by Crippen LogP contribution is 2.40. The molecule has 0 aliphatic heterocycles. The zero-order valence-corrected chi connectivity index (χ0v) is 13.4. The van der Waals surface area contributed by atoms with E-state index in [0.717, 1.165) is 16.5 Å². The fourth-order valence-corrected chi connectivity index (χ4v) is 3.24. The average Bonchev–Trinajstić information content (AvgIpc) is 2.48. The quantitative estimate of drug-likeness (QED) is 0.785. The molecule has 0 saturated heterocycles. The molecule has 0 fully saturated rings. The number of hydrogen-bond acceptors (Lipinski definition) is 3. The summed E-state index contributed by atoms with van der Waals surface area (Å²) in [7, 11) is 3.15. The number of carbonyl (C=O) groups is 1. The molecule has 21 heavy (non-hydrogen) atoms. The third-order valence-corrected chi connectivity index (χ3v) is 4.57. The highest BCUT2D eigenvalue weighted by Gasteiger charge is 2.33. The highest BCUT2D eigenvalue weighted by molar-refractivity contribution is 9.10. The van der Waals surface area contributed by atoms with Crippen LogP contribution in [0, 0.1) is 0 Å². The van der Waals surface area contributed by atoms with Crippen LogP contribution in [0.5, 0.6) is 11.5 Å². The molecule has 0 radical (unpaired) electrons. The van der Waals surface area contributed by atoms with Crippen LogP contribution in [0.25, 0.3) is 0 Å². The Morgan fingerprint density at radius 1 is 1.14 bits per heavy atom. The second-order valence-electron chi connectivity index (χ2n) is 5.01. The van der Waals surface area contributed by atoms with Crippen molar-refractivity contribution in [3.05, 3.63) is 57.6 Å². The smallest absolute Gasteiger partial charge is 0.171 e. The van der Waals surface area contributed by atoms with Crippen LogP contribution in [0.1, 0.15) is 27.4 Å². The minimum atomic E-state index is -0.0596. The van der Waals surface area contributed by atoms with Gasteiger partial charge in [-0.05, 0) is 45.6 Å². The molecule has 0 bridgehead atoms. The van der Waals surface area contributed by atoms with Crippen molar-refractivity contribution in [3.63, 3.8) is 0 Å². The van der Waals surface area contributed by atoms with E-state index in [2.05, 4.69) is 22.0 Å².